The number of hydrogen-bond acceptors (Lipinski definition) is 3. The molecule has 0 aliphatic carbocycles. The van der Waals surface area contributed by atoms with Gasteiger partial charge in [0, 0.05) is 31.9 Å². The summed E-state index contributed by atoms with van der Waals surface area (Å²) in [5, 5.41) is 3.91. The highest BCUT2D eigenvalue weighted by Gasteiger charge is 2.26. The molecule has 4 nitrogen and oxygen atoms in total. The zero-order valence-corrected chi connectivity index (χ0v) is 17.0. The van der Waals surface area contributed by atoms with Crippen LogP contribution in [0.2, 0.25) is 5.02 Å². The summed E-state index contributed by atoms with van der Waals surface area (Å²) in [5.41, 5.74) is 3.16. The van der Waals surface area contributed by atoms with E-state index in [0.717, 1.165) is 42.6 Å². The number of carbonyl (C=O) groups is 1. The molecule has 27 heavy (non-hydrogen) atoms. The summed E-state index contributed by atoms with van der Waals surface area (Å²) < 4.78 is 0. The molecule has 1 fully saturated rings. The Bertz CT molecular complexity index is 785. The third-order valence-corrected chi connectivity index (χ3v) is 5.59. The molecule has 2 aromatic carbocycles. The van der Waals surface area contributed by atoms with Crippen molar-refractivity contribution >= 4 is 28.9 Å². The number of amides is 1. The lowest BCUT2D eigenvalue weighted by atomic mass is 10.0. The van der Waals surface area contributed by atoms with E-state index >= 15 is 0 Å². The van der Waals surface area contributed by atoms with Crippen molar-refractivity contribution in [3.05, 3.63) is 59.1 Å². The molecular formula is C22H28ClN3O. The molecule has 5 heteroatoms. The predicted molar refractivity (Wildman–Crippen MR) is 114 cm³/mol. The van der Waals surface area contributed by atoms with Crippen molar-refractivity contribution in [3.8, 4) is 0 Å². The second-order valence-corrected chi connectivity index (χ2v) is 7.79. The van der Waals surface area contributed by atoms with Crippen LogP contribution >= 0.6 is 11.6 Å². The Kier molecular flexibility index (Phi) is 6.40. The van der Waals surface area contributed by atoms with E-state index in [1.807, 2.05) is 43.3 Å². The first kappa shape index (κ1) is 19.7. The fourth-order valence-electron chi connectivity index (χ4n) is 3.58. The molecule has 1 atom stereocenters. The highest BCUT2D eigenvalue weighted by molar-refractivity contribution is 6.33. The van der Waals surface area contributed by atoms with Crippen molar-refractivity contribution < 1.29 is 4.79 Å². The molecule has 0 saturated carbocycles. The van der Waals surface area contributed by atoms with Gasteiger partial charge in [-0.2, -0.15) is 0 Å². The van der Waals surface area contributed by atoms with E-state index in [1.54, 1.807) is 0 Å². The lowest BCUT2D eigenvalue weighted by Gasteiger charge is -2.38. The van der Waals surface area contributed by atoms with Crippen LogP contribution in [0, 0.1) is 0 Å². The minimum absolute atomic E-state index is 0.0503. The molecular weight excluding hydrogens is 358 g/mol. The average molecular weight is 386 g/mol. The normalized spacial score (nSPS) is 16.4. The minimum atomic E-state index is -0.168. The third kappa shape index (κ3) is 4.63. The van der Waals surface area contributed by atoms with Crippen molar-refractivity contribution in [2.45, 2.75) is 32.7 Å². The van der Waals surface area contributed by atoms with Crippen LogP contribution in [0.4, 0.5) is 11.4 Å². The van der Waals surface area contributed by atoms with Gasteiger partial charge in [0.05, 0.1) is 16.8 Å². The molecule has 144 valence electrons. The summed E-state index contributed by atoms with van der Waals surface area (Å²) in [6.07, 6.45) is 0. The van der Waals surface area contributed by atoms with Gasteiger partial charge in [0.2, 0.25) is 5.91 Å². The molecule has 0 aromatic heterocycles. The largest absolute Gasteiger partial charge is 0.368 e. The fraction of sp³-hybridized carbons (Fsp3) is 0.409. The van der Waals surface area contributed by atoms with Crippen LogP contribution in [-0.4, -0.2) is 43.0 Å². The van der Waals surface area contributed by atoms with Crippen molar-refractivity contribution in [1.29, 1.82) is 0 Å². The first-order valence-electron chi connectivity index (χ1n) is 9.60. The zero-order chi connectivity index (χ0) is 19.4. The second-order valence-electron chi connectivity index (χ2n) is 7.38. The van der Waals surface area contributed by atoms with Crippen LogP contribution in [0.5, 0.6) is 0 Å². The monoisotopic (exact) mass is 385 g/mol. The minimum Gasteiger partial charge on any atom is -0.368 e. The van der Waals surface area contributed by atoms with Gasteiger partial charge in [-0.1, -0.05) is 55.8 Å². The van der Waals surface area contributed by atoms with E-state index in [4.69, 9.17) is 11.6 Å². The Hall–Kier alpha value is -2.04. The highest BCUT2D eigenvalue weighted by Crippen LogP contribution is 2.27. The number of carbonyl (C=O) groups excluding carboxylic acids is 1. The molecule has 1 heterocycles. The standard InChI is InChI=1S/C22H28ClN3O/c1-16(2)18-8-4-6-10-20(18)24-22(27)17(3)25-12-14-26(15-13-25)21-11-7-5-9-19(21)23/h4-11,16-17H,12-15H2,1-3H3,(H,24,27)/t17-/m0/s1. The Morgan fingerprint density at radius 3 is 2.26 bits per heavy atom. The fourth-order valence-corrected chi connectivity index (χ4v) is 3.83. The van der Waals surface area contributed by atoms with Crippen LogP contribution in [-0.2, 0) is 4.79 Å². The van der Waals surface area contributed by atoms with Gasteiger partial charge in [-0.25, -0.2) is 0 Å². The number of piperazine rings is 1. The molecule has 0 spiro atoms. The van der Waals surface area contributed by atoms with Crippen LogP contribution in [0.1, 0.15) is 32.3 Å². The van der Waals surface area contributed by atoms with Crippen LogP contribution < -0.4 is 10.2 Å². The predicted octanol–water partition coefficient (Wildman–Crippen LogP) is 4.61. The average Bonchev–Trinajstić information content (AvgIpc) is 2.68. The van der Waals surface area contributed by atoms with Crippen LogP contribution in [0.15, 0.2) is 48.5 Å². The summed E-state index contributed by atoms with van der Waals surface area (Å²) >= 11 is 6.32. The summed E-state index contributed by atoms with van der Waals surface area (Å²) in [5.74, 6) is 0.422. The van der Waals surface area contributed by atoms with Gasteiger partial charge in [-0.15, -0.1) is 0 Å². The van der Waals surface area contributed by atoms with Gasteiger partial charge in [0.25, 0.3) is 0 Å². The lowest BCUT2D eigenvalue weighted by Crippen LogP contribution is -2.53. The van der Waals surface area contributed by atoms with E-state index in [-0.39, 0.29) is 11.9 Å². The molecule has 2 aromatic rings. The summed E-state index contributed by atoms with van der Waals surface area (Å²) in [4.78, 5) is 17.3. The maximum absolute atomic E-state index is 12.8. The van der Waals surface area contributed by atoms with E-state index in [2.05, 4.69) is 41.1 Å². The Balaban J connectivity index is 1.60. The van der Waals surface area contributed by atoms with Gasteiger partial charge in [0.15, 0.2) is 0 Å². The first-order valence-corrected chi connectivity index (χ1v) is 9.98. The quantitative estimate of drug-likeness (QED) is 0.816. The SMILES string of the molecule is CC(C)c1ccccc1NC(=O)[C@H](C)N1CCN(c2ccccc2Cl)CC1. The highest BCUT2D eigenvalue weighted by atomic mass is 35.5. The number of halogens is 1. The first-order chi connectivity index (χ1) is 13.0. The number of hydrogen-bond donors (Lipinski definition) is 1. The van der Waals surface area contributed by atoms with E-state index in [9.17, 15) is 4.79 Å². The van der Waals surface area contributed by atoms with Crippen molar-refractivity contribution in [2.75, 3.05) is 36.4 Å². The summed E-state index contributed by atoms with van der Waals surface area (Å²) in [6, 6.07) is 15.8. The molecule has 1 saturated heterocycles. The molecule has 0 bridgehead atoms. The Labute approximate surface area is 167 Å². The van der Waals surface area contributed by atoms with Crippen LogP contribution in [0.3, 0.4) is 0 Å². The van der Waals surface area contributed by atoms with Gasteiger partial charge in [-0.05, 0) is 36.6 Å². The van der Waals surface area contributed by atoms with Crippen molar-refractivity contribution in [1.82, 2.24) is 4.90 Å². The van der Waals surface area contributed by atoms with Crippen LogP contribution in [0.25, 0.3) is 0 Å². The molecule has 0 unspecified atom stereocenters. The number of para-hydroxylation sites is 2. The van der Waals surface area contributed by atoms with Gasteiger partial charge < -0.3 is 10.2 Å². The number of nitrogens with zero attached hydrogens (tertiary/aromatic N) is 2. The Morgan fingerprint density at radius 2 is 1.59 bits per heavy atom. The maximum atomic E-state index is 12.8. The van der Waals surface area contributed by atoms with Gasteiger partial charge in [0.1, 0.15) is 0 Å². The van der Waals surface area contributed by atoms with Gasteiger partial charge >= 0.3 is 0 Å². The van der Waals surface area contributed by atoms with Gasteiger partial charge in [-0.3, -0.25) is 9.69 Å². The summed E-state index contributed by atoms with van der Waals surface area (Å²) in [7, 11) is 0. The van der Waals surface area contributed by atoms with Crippen molar-refractivity contribution in [2.24, 2.45) is 0 Å². The lowest BCUT2D eigenvalue weighted by molar-refractivity contribution is -0.120. The molecule has 1 aliphatic rings. The number of anilines is 2. The smallest absolute Gasteiger partial charge is 0.241 e. The Morgan fingerprint density at radius 1 is 0.963 bits per heavy atom. The van der Waals surface area contributed by atoms with E-state index < -0.39 is 0 Å². The number of rotatable bonds is 5. The molecule has 1 aliphatic heterocycles. The second kappa shape index (κ2) is 8.77. The molecule has 3 rings (SSSR count). The van der Waals surface area contributed by atoms with E-state index in [0.29, 0.717) is 5.92 Å². The maximum Gasteiger partial charge on any atom is 0.241 e. The van der Waals surface area contributed by atoms with E-state index in [1.165, 1.54) is 5.56 Å². The van der Waals surface area contributed by atoms with Crippen molar-refractivity contribution in [3.63, 3.8) is 0 Å². The number of benzene rings is 2. The summed E-state index contributed by atoms with van der Waals surface area (Å²) in [6.45, 7) is 9.67. The molecule has 1 amide bonds. The zero-order valence-electron chi connectivity index (χ0n) is 16.3. The molecule has 1 N–H and O–H groups in total. The number of nitrogens with one attached hydrogen (secondary N) is 1. The topological polar surface area (TPSA) is 35.6 Å². The third-order valence-electron chi connectivity index (χ3n) is 5.28. The molecule has 0 radical (unpaired) electrons.